The van der Waals surface area contributed by atoms with Gasteiger partial charge in [-0.15, -0.1) is 0 Å². The Morgan fingerprint density at radius 1 is 0.971 bits per heavy atom. The van der Waals surface area contributed by atoms with E-state index in [1.807, 2.05) is 87.0 Å². The highest BCUT2D eigenvalue weighted by atomic mass is 32.2. The molecule has 2 aromatic carbocycles. The van der Waals surface area contributed by atoms with Crippen molar-refractivity contribution in [3.8, 4) is 0 Å². The van der Waals surface area contributed by atoms with Gasteiger partial charge in [-0.25, -0.2) is 9.98 Å². The number of benzene rings is 2. The Balaban J connectivity index is 1.55. The van der Waals surface area contributed by atoms with Crippen molar-refractivity contribution in [3.05, 3.63) is 98.2 Å². The molecule has 8 heteroatoms. The lowest BCUT2D eigenvalue weighted by Crippen LogP contribution is -2.30. The van der Waals surface area contributed by atoms with E-state index in [0.29, 0.717) is 26.8 Å². The summed E-state index contributed by atoms with van der Waals surface area (Å²) in [7, 11) is 0. The standard InChI is InChI=1S/C26H23N5O2S/c1-15-9-5-7-11-21(15)28-26-29-24(32)23(34-26)14-19-13-16(2)30(17(19)3)31-18(4)27-22-12-8-6-10-20(22)25(31)33/h5-14H,1-4H3,(H,28,29,32). The number of carbonyl (C=O) groups is 1. The minimum atomic E-state index is -0.192. The molecule has 0 bridgehead atoms. The quantitative estimate of drug-likeness (QED) is 0.444. The third-order valence-corrected chi connectivity index (χ3v) is 6.73. The van der Waals surface area contributed by atoms with Gasteiger partial charge in [0.2, 0.25) is 0 Å². The van der Waals surface area contributed by atoms with Gasteiger partial charge < -0.3 is 5.32 Å². The van der Waals surface area contributed by atoms with Crippen molar-refractivity contribution in [1.29, 1.82) is 0 Å². The highest BCUT2D eigenvalue weighted by Crippen LogP contribution is 2.30. The number of rotatable bonds is 3. The first-order valence-electron chi connectivity index (χ1n) is 10.9. The van der Waals surface area contributed by atoms with Crippen LogP contribution in [0.2, 0.25) is 0 Å². The molecule has 1 N–H and O–H groups in total. The SMILES string of the molecule is Cc1ccccc1N=C1NC(=O)C(=Cc2cc(C)n(-n3c(C)nc4ccccc4c3=O)c2C)S1. The number of amidine groups is 1. The molecule has 170 valence electrons. The van der Waals surface area contributed by atoms with Crippen LogP contribution in [0.25, 0.3) is 17.0 Å². The minimum Gasteiger partial charge on any atom is -0.300 e. The van der Waals surface area contributed by atoms with Gasteiger partial charge in [0.15, 0.2) is 5.17 Å². The van der Waals surface area contributed by atoms with Gasteiger partial charge in [0.1, 0.15) is 5.82 Å². The number of aliphatic imine (C=N–C) groups is 1. The second-order valence-corrected chi connectivity index (χ2v) is 9.23. The Labute approximate surface area is 200 Å². The summed E-state index contributed by atoms with van der Waals surface area (Å²) >= 11 is 1.31. The highest BCUT2D eigenvalue weighted by Gasteiger charge is 2.25. The number of thioether (sulfide) groups is 1. The van der Waals surface area contributed by atoms with Crippen molar-refractivity contribution < 1.29 is 4.79 Å². The first kappa shape index (κ1) is 21.9. The fourth-order valence-corrected chi connectivity index (χ4v) is 4.95. The first-order chi connectivity index (χ1) is 16.3. The largest absolute Gasteiger partial charge is 0.300 e. The molecule has 5 rings (SSSR count). The van der Waals surface area contributed by atoms with Crippen LogP contribution in [0.4, 0.5) is 5.69 Å². The van der Waals surface area contributed by atoms with Crippen LogP contribution in [-0.4, -0.2) is 25.4 Å². The predicted molar refractivity (Wildman–Crippen MR) is 137 cm³/mol. The normalized spacial score (nSPS) is 16.1. The van der Waals surface area contributed by atoms with Crippen LogP contribution in [0.15, 0.2) is 69.3 Å². The molecule has 1 amide bonds. The average Bonchev–Trinajstić information content (AvgIpc) is 3.28. The fourth-order valence-electron chi connectivity index (χ4n) is 4.12. The molecule has 0 saturated carbocycles. The van der Waals surface area contributed by atoms with E-state index in [9.17, 15) is 9.59 Å². The maximum Gasteiger partial charge on any atom is 0.280 e. The fraction of sp³-hybridized carbons (Fsp3) is 0.154. The van der Waals surface area contributed by atoms with Crippen molar-refractivity contribution in [1.82, 2.24) is 19.7 Å². The van der Waals surface area contributed by atoms with Gasteiger partial charge in [0.25, 0.3) is 11.5 Å². The van der Waals surface area contributed by atoms with Crippen molar-refractivity contribution in [2.75, 3.05) is 0 Å². The first-order valence-corrected chi connectivity index (χ1v) is 11.7. The number of para-hydroxylation sites is 2. The van der Waals surface area contributed by atoms with Crippen LogP contribution in [0.5, 0.6) is 0 Å². The molecule has 0 atom stereocenters. The number of aromatic nitrogens is 3. The zero-order valence-electron chi connectivity index (χ0n) is 19.3. The van der Waals surface area contributed by atoms with Gasteiger partial charge in [-0.05, 0) is 80.9 Å². The minimum absolute atomic E-state index is 0.135. The number of aryl methyl sites for hydroxylation is 3. The number of hydrogen-bond donors (Lipinski definition) is 1. The number of carbonyl (C=O) groups excluding carboxylic acids is 1. The van der Waals surface area contributed by atoms with Gasteiger partial charge >= 0.3 is 0 Å². The van der Waals surface area contributed by atoms with E-state index in [0.717, 1.165) is 28.2 Å². The molecule has 1 fully saturated rings. The van der Waals surface area contributed by atoms with Gasteiger partial charge in [-0.2, -0.15) is 4.68 Å². The van der Waals surface area contributed by atoms with Crippen LogP contribution in [-0.2, 0) is 4.79 Å². The van der Waals surface area contributed by atoms with Crippen LogP contribution in [0.1, 0.15) is 28.3 Å². The molecule has 7 nitrogen and oxygen atoms in total. The third-order valence-electron chi connectivity index (χ3n) is 5.82. The van der Waals surface area contributed by atoms with Crippen molar-refractivity contribution in [3.63, 3.8) is 0 Å². The lowest BCUT2D eigenvalue weighted by molar-refractivity contribution is -0.115. The average molecular weight is 470 g/mol. The van der Waals surface area contributed by atoms with Gasteiger partial charge in [-0.3, -0.25) is 14.3 Å². The molecule has 0 unspecified atom stereocenters. The van der Waals surface area contributed by atoms with E-state index in [1.165, 1.54) is 11.8 Å². The zero-order chi connectivity index (χ0) is 24.0. The molecule has 1 aliphatic rings. The Bertz CT molecular complexity index is 1590. The molecular formula is C26H23N5O2S. The lowest BCUT2D eigenvalue weighted by atomic mass is 10.2. The number of nitrogens with one attached hydrogen (secondary N) is 1. The van der Waals surface area contributed by atoms with Crippen molar-refractivity contribution in [2.45, 2.75) is 27.7 Å². The predicted octanol–water partition coefficient (Wildman–Crippen LogP) is 4.63. The van der Waals surface area contributed by atoms with Crippen LogP contribution in [0.3, 0.4) is 0 Å². The van der Waals surface area contributed by atoms with Crippen LogP contribution < -0.4 is 10.9 Å². The molecule has 3 heterocycles. The van der Waals surface area contributed by atoms with Gasteiger partial charge in [0.05, 0.1) is 21.5 Å². The summed E-state index contributed by atoms with van der Waals surface area (Å²) in [6.07, 6.45) is 1.84. The number of nitrogens with zero attached hydrogens (tertiary/aromatic N) is 4. The Hall–Kier alpha value is -3.91. The summed E-state index contributed by atoms with van der Waals surface area (Å²) in [6, 6.07) is 17.1. The molecule has 1 saturated heterocycles. The topological polar surface area (TPSA) is 81.3 Å². The van der Waals surface area contributed by atoms with E-state index >= 15 is 0 Å². The third kappa shape index (κ3) is 3.76. The molecule has 0 aliphatic carbocycles. The number of fused-ring (bicyclic) bond motifs is 1. The van der Waals surface area contributed by atoms with E-state index in [2.05, 4.69) is 15.3 Å². The second kappa shape index (κ2) is 8.46. The molecule has 1 aliphatic heterocycles. The van der Waals surface area contributed by atoms with Crippen LogP contribution in [0, 0.1) is 27.7 Å². The Kier molecular flexibility index (Phi) is 5.45. The van der Waals surface area contributed by atoms with Gasteiger partial charge in [-0.1, -0.05) is 30.3 Å². The summed E-state index contributed by atoms with van der Waals surface area (Å²) in [5.74, 6) is 0.396. The molecular weight excluding hydrogens is 446 g/mol. The molecule has 34 heavy (non-hydrogen) atoms. The number of amides is 1. The zero-order valence-corrected chi connectivity index (χ0v) is 20.1. The van der Waals surface area contributed by atoms with Crippen LogP contribution >= 0.6 is 11.8 Å². The van der Waals surface area contributed by atoms with Crippen molar-refractivity contribution >= 4 is 45.5 Å². The number of hydrogen-bond acceptors (Lipinski definition) is 5. The summed E-state index contributed by atoms with van der Waals surface area (Å²) in [5, 5.41) is 3.95. The van der Waals surface area contributed by atoms with E-state index in [1.54, 1.807) is 10.7 Å². The highest BCUT2D eigenvalue weighted by molar-refractivity contribution is 8.18. The Morgan fingerprint density at radius 3 is 2.50 bits per heavy atom. The maximum atomic E-state index is 13.3. The Morgan fingerprint density at radius 2 is 1.71 bits per heavy atom. The molecule has 0 spiro atoms. The lowest BCUT2D eigenvalue weighted by Gasteiger charge is -2.16. The second-order valence-electron chi connectivity index (χ2n) is 8.20. The summed E-state index contributed by atoms with van der Waals surface area (Å²) < 4.78 is 3.44. The van der Waals surface area contributed by atoms with E-state index < -0.39 is 0 Å². The molecule has 2 aromatic heterocycles. The summed E-state index contributed by atoms with van der Waals surface area (Å²) in [4.78, 5) is 35.7. The summed E-state index contributed by atoms with van der Waals surface area (Å²) in [5.41, 5.74) is 4.95. The molecule has 0 radical (unpaired) electrons. The van der Waals surface area contributed by atoms with E-state index in [4.69, 9.17) is 0 Å². The van der Waals surface area contributed by atoms with Gasteiger partial charge in [0, 0.05) is 11.4 Å². The smallest absolute Gasteiger partial charge is 0.280 e. The monoisotopic (exact) mass is 469 g/mol. The van der Waals surface area contributed by atoms with Crippen molar-refractivity contribution in [2.24, 2.45) is 4.99 Å². The van der Waals surface area contributed by atoms with E-state index in [-0.39, 0.29) is 11.5 Å². The summed E-state index contributed by atoms with van der Waals surface area (Å²) in [6.45, 7) is 7.67. The molecule has 4 aromatic rings. The maximum absolute atomic E-state index is 13.3.